The highest BCUT2D eigenvalue weighted by Gasteiger charge is 2.40. The summed E-state index contributed by atoms with van der Waals surface area (Å²) in [5, 5.41) is 11.9. The molecule has 0 aromatic carbocycles. The van der Waals surface area contributed by atoms with Crippen LogP contribution in [0.15, 0.2) is 0 Å². The Hall–Kier alpha value is -1.14. The van der Waals surface area contributed by atoms with Crippen LogP contribution in [0, 0.1) is 0 Å². The van der Waals surface area contributed by atoms with Crippen LogP contribution in [0.3, 0.4) is 0 Å². The molecule has 1 amide bonds. The van der Waals surface area contributed by atoms with E-state index in [4.69, 9.17) is 9.47 Å². The highest BCUT2D eigenvalue weighted by Crippen LogP contribution is 2.28. The highest BCUT2D eigenvalue weighted by atomic mass is 16.5. The van der Waals surface area contributed by atoms with Crippen molar-refractivity contribution in [2.24, 2.45) is 0 Å². The van der Waals surface area contributed by atoms with Crippen LogP contribution in [0.1, 0.15) is 39.0 Å². The molecule has 1 saturated carbocycles. The number of carboxylic acid groups (broad SMARTS) is 1. The van der Waals surface area contributed by atoms with Gasteiger partial charge >= 0.3 is 5.97 Å². The normalized spacial score (nSPS) is 17.9. The fourth-order valence-electron chi connectivity index (χ4n) is 2.28. The van der Waals surface area contributed by atoms with Crippen molar-refractivity contribution < 1.29 is 24.2 Å². The molecule has 6 nitrogen and oxygen atoms in total. The van der Waals surface area contributed by atoms with Gasteiger partial charge < -0.3 is 19.9 Å². The first-order chi connectivity index (χ1) is 9.10. The summed E-state index contributed by atoms with van der Waals surface area (Å²) in [5.74, 6) is -1.32. The molecule has 1 rings (SSSR count). The Kier molecular flexibility index (Phi) is 6.80. The second-order valence-electron chi connectivity index (χ2n) is 4.75. The van der Waals surface area contributed by atoms with Crippen LogP contribution in [-0.4, -0.2) is 48.9 Å². The van der Waals surface area contributed by atoms with Crippen molar-refractivity contribution in [3.05, 3.63) is 0 Å². The zero-order valence-electron chi connectivity index (χ0n) is 11.4. The fraction of sp³-hybridized carbons (Fsp3) is 0.846. The van der Waals surface area contributed by atoms with Crippen LogP contribution in [0.4, 0.5) is 0 Å². The third-order valence-corrected chi connectivity index (χ3v) is 3.30. The van der Waals surface area contributed by atoms with Gasteiger partial charge in [-0.1, -0.05) is 19.3 Å². The number of ether oxygens (including phenoxy) is 2. The lowest BCUT2D eigenvalue weighted by molar-refractivity contribution is -0.150. The predicted molar refractivity (Wildman–Crippen MR) is 68.9 cm³/mol. The Labute approximate surface area is 113 Å². The number of amides is 1. The first-order valence-electron chi connectivity index (χ1n) is 6.80. The van der Waals surface area contributed by atoms with E-state index >= 15 is 0 Å². The van der Waals surface area contributed by atoms with Gasteiger partial charge in [0.05, 0.1) is 13.2 Å². The van der Waals surface area contributed by atoms with Crippen molar-refractivity contribution in [1.29, 1.82) is 0 Å². The maximum Gasteiger partial charge on any atom is 0.329 e. The van der Waals surface area contributed by atoms with Crippen LogP contribution in [-0.2, 0) is 19.1 Å². The molecular formula is C13H23NO5. The standard InChI is InChI=1S/C13H23NO5/c1-2-18-8-9-19-10-11(15)14-13(12(16)17)6-4-3-5-7-13/h2-10H2,1H3,(H,14,15)(H,16,17). The van der Waals surface area contributed by atoms with E-state index in [9.17, 15) is 14.7 Å². The molecule has 2 N–H and O–H groups in total. The molecule has 0 atom stereocenters. The molecule has 0 aromatic rings. The van der Waals surface area contributed by atoms with Crippen LogP contribution < -0.4 is 5.32 Å². The number of hydrogen-bond donors (Lipinski definition) is 2. The van der Waals surface area contributed by atoms with E-state index in [0.717, 1.165) is 19.3 Å². The molecule has 0 bridgehead atoms. The Morgan fingerprint density at radius 2 is 1.79 bits per heavy atom. The lowest BCUT2D eigenvalue weighted by atomic mass is 9.81. The lowest BCUT2D eigenvalue weighted by Crippen LogP contribution is -2.56. The van der Waals surface area contributed by atoms with Gasteiger partial charge in [0.15, 0.2) is 0 Å². The molecule has 19 heavy (non-hydrogen) atoms. The van der Waals surface area contributed by atoms with Crippen LogP contribution in [0.25, 0.3) is 0 Å². The van der Waals surface area contributed by atoms with Crippen LogP contribution in [0.5, 0.6) is 0 Å². The van der Waals surface area contributed by atoms with E-state index < -0.39 is 11.5 Å². The first-order valence-corrected chi connectivity index (χ1v) is 6.80. The molecule has 0 aliphatic heterocycles. The third kappa shape index (κ3) is 5.16. The van der Waals surface area contributed by atoms with Gasteiger partial charge in [0.1, 0.15) is 12.1 Å². The number of hydrogen-bond acceptors (Lipinski definition) is 4. The summed E-state index contributed by atoms with van der Waals surface area (Å²) in [6.07, 6.45) is 3.67. The Morgan fingerprint density at radius 1 is 1.16 bits per heavy atom. The first kappa shape index (κ1) is 15.9. The SMILES string of the molecule is CCOCCOCC(=O)NC1(C(=O)O)CCCCC1. The van der Waals surface area contributed by atoms with E-state index in [1.165, 1.54) is 0 Å². The molecule has 1 aliphatic carbocycles. The van der Waals surface area contributed by atoms with E-state index in [1.807, 2.05) is 6.92 Å². The molecule has 0 aromatic heterocycles. The molecule has 0 unspecified atom stereocenters. The second-order valence-corrected chi connectivity index (χ2v) is 4.75. The predicted octanol–water partition coefficient (Wildman–Crippen LogP) is 0.943. The zero-order valence-corrected chi connectivity index (χ0v) is 11.4. The molecule has 1 aliphatic rings. The zero-order chi connectivity index (χ0) is 14.1. The number of carbonyl (C=O) groups is 2. The Morgan fingerprint density at radius 3 is 2.37 bits per heavy atom. The quantitative estimate of drug-likeness (QED) is 0.643. The lowest BCUT2D eigenvalue weighted by Gasteiger charge is -2.33. The van der Waals surface area contributed by atoms with Gasteiger partial charge in [0, 0.05) is 6.61 Å². The van der Waals surface area contributed by atoms with Crippen molar-refractivity contribution in [3.8, 4) is 0 Å². The molecule has 110 valence electrons. The van der Waals surface area contributed by atoms with Gasteiger partial charge in [0.2, 0.25) is 5.91 Å². The monoisotopic (exact) mass is 273 g/mol. The summed E-state index contributed by atoms with van der Waals surface area (Å²) in [6, 6.07) is 0. The van der Waals surface area contributed by atoms with Gasteiger partial charge in [-0.2, -0.15) is 0 Å². The van der Waals surface area contributed by atoms with Gasteiger partial charge in [-0.15, -0.1) is 0 Å². The average molecular weight is 273 g/mol. The van der Waals surface area contributed by atoms with E-state index in [-0.39, 0.29) is 12.5 Å². The molecule has 1 fully saturated rings. The fourth-order valence-corrected chi connectivity index (χ4v) is 2.28. The van der Waals surface area contributed by atoms with E-state index in [1.54, 1.807) is 0 Å². The van der Waals surface area contributed by atoms with Crippen molar-refractivity contribution >= 4 is 11.9 Å². The van der Waals surface area contributed by atoms with E-state index in [0.29, 0.717) is 32.7 Å². The highest BCUT2D eigenvalue weighted by molar-refractivity contribution is 5.87. The average Bonchev–Trinajstić information content (AvgIpc) is 2.39. The minimum absolute atomic E-state index is 0.123. The maximum atomic E-state index is 11.7. The number of carboxylic acids is 1. The van der Waals surface area contributed by atoms with Gasteiger partial charge in [-0.3, -0.25) is 4.79 Å². The largest absolute Gasteiger partial charge is 0.480 e. The second kappa shape index (κ2) is 8.12. The minimum Gasteiger partial charge on any atom is -0.480 e. The maximum absolute atomic E-state index is 11.7. The Balaban J connectivity index is 2.33. The minimum atomic E-state index is -1.10. The molecule has 0 radical (unpaired) electrons. The van der Waals surface area contributed by atoms with Crippen LogP contribution in [0.2, 0.25) is 0 Å². The summed E-state index contributed by atoms with van der Waals surface area (Å²) in [5.41, 5.74) is -1.10. The van der Waals surface area contributed by atoms with E-state index in [2.05, 4.69) is 5.32 Å². The molecular weight excluding hydrogens is 250 g/mol. The van der Waals surface area contributed by atoms with Crippen molar-refractivity contribution in [2.75, 3.05) is 26.4 Å². The van der Waals surface area contributed by atoms with Crippen LogP contribution >= 0.6 is 0 Å². The smallest absolute Gasteiger partial charge is 0.329 e. The molecule has 6 heteroatoms. The summed E-state index contributed by atoms with van der Waals surface area (Å²) in [6.45, 7) is 3.14. The summed E-state index contributed by atoms with van der Waals surface area (Å²) in [7, 11) is 0. The number of nitrogens with one attached hydrogen (secondary N) is 1. The topological polar surface area (TPSA) is 84.9 Å². The number of carbonyl (C=O) groups excluding carboxylic acids is 1. The molecule has 0 heterocycles. The number of rotatable bonds is 8. The summed E-state index contributed by atoms with van der Waals surface area (Å²) in [4.78, 5) is 23.1. The Bertz CT molecular complexity index is 299. The summed E-state index contributed by atoms with van der Waals surface area (Å²) < 4.78 is 10.2. The molecule has 0 spiro atoms. The van der Waals surface area contributed by atoms with Crippen molar-refractivity contribution in [2.45, 2.75) is 44.6 Å². The van der Waals surface area contributed by atoms with Gasteiger partial charge in [0.25, 0.3) is 0 Å². The third-order valence-electron chi connectivity index (χ3n) is 3.30. The summed E-state index contributed by atoms with van der Waals surface area (Å²) >= 11 is 0. The number of aliphatic carboxylic acids is 1. The van der Waals surface area contributed by atoms with Crippen molar-refractivity contribution in [3.63, 3.8) is 0 Å². The molecule has 0 saturated heterocycles. The van der Waals surface area contributed by atoms with Gasteiger partial charge in [-0.05, 0) is 19.8 Å². The van der Waals surface area contributed by atoms with Gasteiger partial charge in [-0.25, -0.2) is 4.79 Å². The van der Waals surface area contributed by atoms with Crippen molar-refractivity contribution in [1.82, 2.24) is 5.32 Å².